The van der Waals surface area contributed by atoms with E-state index in [0.29, 0.717) is 13.0 Å². The van der Waals surface area contributed by atoms with E-state index in [4.69, 9.17) is 5.11 Å². The lowest BCUT2D eigenvalue weighted by molar-refractivity contribution is -0.0384. The maximum atomic E-state index is 12.3. The predicted molar refractivity (Wildman–Crippen MR) is 76.9 cm³/mol. The van der Waals surface area contributed by atoms with Gasteiger partial charge in [0, 0.05) is 24.2 Å². The minimum atomic E-state index is -4.81. The van der Waals surface area contributed by atoms with Crippen LogP contribution in [0.3, 0.4) is 0 Å². The van der Waals surface area contributed by atoms with E-state index in [1.807, 2.05) is 0 Å². The molecule has 1 aromatic rings. The van der Waals surface area contributed by atoms with Crippen LogP contribution in [0.5, 0.6) is 0 Å². The van der Waals surface area contributed by atoms with Gasteiger partial charge in [-0.25, -0.2) is 9.00 Å². The molecule has 0 saturated heterocycles. The third kappa shape index (κ3) is 5.64. The number of benzene rings is 1. The highest BCUT2D eigenvalue weighted by Gasteiger charge is 2.37. The van der Waals surface area contributed by atoms with Crippen molar-refractivity contribution < 1.29 is 27.3 Å². The summed E-state index contributed by atoms with van der Waals surface area (Å²) in [6.07, 6.45) is -0.125. The number of alkyl halides is 3. The van der Waals surface area contributed by atoms with Gasteiger partial charge in [-0.15, -0.1) is 0 Å². The molecule has 2 unspecified atom stereocenters. The molecule has 0 bridgehead atoms. The van der Waals surface area contributed by atoms with E-state index in [0.717, 1.165) is 12.1 Å². The fourth-order valence-corrected chi connectivity index (χ4v) is 2.15. The summed E-state index contributed by atoms with van der Waals surface area (Å²) >= 11 is 0. The van der Waals surface area contributed by atoms with Crippen molar-refractivity contribution >= 4 is 22.5 Å². The average molecular weight is 338 g/mol. The lowest BCUT2D eigenvalue weighted by atomic mass is 10.3. The Bertz CT molecular complexity index is 532. The van der Waals surface area contributed by atoms with Crippen molar-refractivity contribution in [3.63, 3.8) is 0 Å². The summed E-state index contributed by atoms with van der Waals surface area (Å²) in [5, 5.41) is 11.6. The summed E-state index contributed by atoms with van der Waals surface area (Å²) in [6.45, 7) is 1.94. The molecule has 2 N–H and O–H groups in total. The molecule has 1 aromatic carbocycles. The molecular formula is C13H17F3N2O3S. The number of nitrogens with zero attached hydrogens (tertiary/aromatic N) is 1. The van der Waals surface area contributed by atoms with Gasteiger partial charge in [0.1, 0.15) is 0 Å². The number of urea groups is 1. The molecule has 0 saturated carbocycles. The molecule has 22 heavy (non-hydrogen) atoms. The molecule has 2 amide bonds. The third-order valence-corrected chi connectivity index (χ3v) is 3.88. The van der Waals surface area contributed by atoms with Crippen LogP contribution in [0.25, 0.3) is 0 Å². The number of carbonyl (C=O) groups excluding carboxylic acids is 1. The number of anilines is 1. The van der Waals surface area contributed by atoms with E-state index in [2.05, 4.69) is 5.32 Å². The summed E-state index contributed by atoms with van der Waals surface area (Å²) in [4.78, 5) is 12.8. The zero-order valence-electron chi connectivity index (χ0n) is 12.1. The van der Waals surface area contributed by atoms with E-state index >= 15 is 0 Å². The van der Waals surface area contributed by atoms with E-state index in [1.54, 1.807) is 6.92 Å². The van der Waals surface area contributed by atoms with Gasteiger partial charge in [-0.1, -0.05) is 0 Å². The maximum absolute atomic E-state index is 12.3. The summed E-state index contributed by atoms with van der Waals surface area (Å²) in [6, 6.07) is 4.15. The number of hydrogen-bond acceptors (Lipinski definition) is 3. The zero-order valence-corrected chi connectivity index (χ0v) is 12.9. The number of halogens is 3. The first-order chi connectivity index (χ1) is 10.1. The number of rotatable bonds is 5. The minimum absolute atomic E-state index is 0.289. The van der Waals surface area contributed by atoms with E-state index < -0.39 is 28.4 Å². The van der Waals surface area contributed by atoms with Crippen molar-refractivity contribution in [1.82, 2.24) is 4.90 Å². The van der Waals surface area contributed by atoms with Crippen molar-refractivity contribution in [2.24, 2.45) is 0 Å². The quantitative estimate of drug-likeness (QED) is 0.867. The Morgan fingerprint density at radius 1 is 1.36 bits per heavy atom. The van der Waals surface area contributed by atoms with Crippen LogP contribution in [-0.4, -0.2) is 45.5 Å². The summed E-state index contributed by atoms with van der Waals surface area (Å²) in [5.74, 6) is 0. The molecule has 0 aliphatic rings. The Hall–Kier alpha value is -1.61. The van der Waals surface area contributed by atoms with Gasteiger partial charge in [0.05, 0.1) is 6.10 Å². The molecule has 0 aliphatic carbocycles. The Balaban J connectivity index is 2.64. The Kier molecular flexibility index (Phi) is 6.36. The van der Waals surface area contributed by atoms with Crippen LogP contribution in [0.15, 0.2) is 29.2 Å². The topological polar surface area (TPSA) is 69.6 Å². The largest absolute Gasteiger partial charge is 0.475 e. The van der Waals surface area contributed by atoms with Gasteiger partial charge in [-0.3, -0.25) is 0 Å². The smallest absolute Gasteiger partial charge is 0.393 e. The first-order valence-electron chi connectivity index (χ1n) is 6.40. The van der Waals surface area contributed by atoms with Crippen LogP contribution in [-0.2, 0) is 10.8 Å². The Morgan fingerprint density at radius 3 is 2.36 bits per heavy atom. The van der Waals surface area contributed by atoms with Crippen molar-refractivity contribution in [3.05, 3.63) is 24.3 Å². The lowest BCUT2D eigenvalue weighted by Gasteiger charge is -2.18. The number of hydrogen-bond donors (Lipinski definition) is 2. The molecule has 0 aliphatic heterocycles. The van der Waals surface area contributed by atoms with Crippen LogP contribution in [0.4, 0.5) is 23.7 Å². The number of aliphatic hydroxyl groups excluding tert-OH is 1. The van der Waals surface area contributed by atoms with E-state index in [9.17, 15) is 22.2 Å². The molecule has 0 fully saturated rings. The van der Waals surface area contributed by atoms with Crippen LogP contribution in [0.1, 0.15) is 13.3 Å². The van der Waals surface area contributed by atoms with Gasteiger partial charge in [-0.05, 0) is 37.6 Å². The highest BCUT2D eigenvalue weighted by molar-refractivity contribution is 7.86. The molecular weight excluding hydrogens is 321 g/mol. The fraction of sp³-hybridized carbons (Fsp3) is 0.462. The molecule has 0 radical (unpaired) electrons. The van der Waals surface area contributed by atoms with Gasteiger partial charge in [0.15, 0.2) is 10.8 Å². The van der Waals surface area contributed by atoms with Crippen LogP contribution in [0.2, 0.25) is 0 Å². The lowest BCUT2D eigenvalue weighted by Crippen LogP contribution is -2.33. The molecule has 5 nitrogen and oxygen atoms in total. The van der Waals surface area contributed by atoms with Crippen molar-refractivity contribution in [2.75, 3.05) is 18.9 Å². The van der Waals surface area contributed by atoms with Crippen molar-refractivity contribution in [2.45, 2.75) is 29.9 Å². The summed E-state index contributed by atoms with van der Waals surface area (Å²) < 4.78 is 48.0. The van der Waals surface area contributed by atoms with Crippen LogP contribution in [0, 0.1) is 0 Å². The normalized spacial score (nSPS) is 14.3. The fourth-order valence-electron chi connectivity index (χ4n) is 1.50. The van der Waals surface area contributed by atoms with Gasteiger partial charge < -0.3 is 15.3 Å². The molecule has 124 valence electrons. The van der Waals surface area contributed by atoms with Crippen LogP contribution < -0.4 is 5.32 Å². The second-order valence-corrected chi connectivity index (χ2v) is 6.20. The van der Waals surface area contributed by atoms with E-state index in [-0.39, 0.29) is 10.6 Å². The number of aliphatic hydroxyl groups is 1. The second kappa shape index (κ2) is 7.59. The summed E-state index contributed by atoms with van der Waals surface area (Å²) in [7, 11) is -1.56. The summed E-state index contributed by atoms with van der Waals surface area (Å²) in [5.41, 5.74) is -4.52. The highest BCUT2D eigenvalue weighted by atomic mass is 32.2. The van der Waals surface area contributed by atoms with E-state index in [1.165, 1.54) is 24.1 Å². The molecule has 9 heteroatoms. The van der Waals surface area contributed by atoms with Gasteiger partial charge >= 0.3 is 11.5 Å². The molecule has 2 atom stereocenters. The van der Waals surface area contributed by atoms with Gasteiger partial charge in [0.25, 0.3) is 0 Å². The Morgan fingerprint density at radius 2 is 1.91 bits per heavy atom. The number of carbonyl (C=O) groups is 1. The zero-order chi connectivity index (χ0) is 16.9. The monoisotopic (exact) mass is 338 g/mol. The number of nitrogens with one attached hydrogen (secondary N) is 1. The second-order valence-electron chi connectivity index (χ2n) is 4.73. The Labute approximate surface area is 128 Å². The SMILES string of the molecule is CC(O)CCN(C)C(=O)Nc1ccc(S(=O)C(F)(F)F)cc1. The average Bonchev–Trinajstić information content (AvgIpc) is 2.43. The standard InChI is InChI=1S/C13H17F3N2O3S/c1-9(19)7-8-18(2)12(20)17-10-3-5-11(6-4-10)22(21)13(14,15)16/h3-6,9,19H,7-8H2,1-2H3,(H,17,20). The molecule has 0 spiro atoms. The maximum Gasteiger partial charge on any atom is 0.475 e. The first kappa shape index (κ1) is 18.4. The molecule has 1 rings (SSSR count). The molecule has 0 aromatic heterocycles. The van der Waals surface area contributed by atoms with Gasteiger partial charge in [0.2, 0.25) is 0 Å². The van der Waals surface area contributed by atoms with Gasteiger partial charge in [-0.2, -0.15) is 13.2 Å². The number of amides is 2. The molecule has 0 heterocycles. The van der Waals surface area contributed by atoms with Crippen molar-refractivity contribution in [1.29, 1.82) is 0 Å². The van der Waals surface area contributed by atoms with Crippen molar-refractivity contribution in [3.8, 4) is 0 Å². The minimum Gasteiger partial charge on any atom is -0.393 e. The first-order valence-corrected chi connectivity index (χ1v) is 7.55. The predicted octanol–water partition coefficient (Wildman–Crippen LogP) is 2.55. The van der Waals surface area contributed by atoms with Crippen LogP contribution >= 0.6 is 0 Å². The third-order valence-electron chi connectivity index (χ3n) is 2.76. The highest BCUT2D eigenvalue weighted by Crippen LogP contribution is 2.26.